The number of ether oxygens (including phenoxy) is 1. The van der Waals surface area contributed by atoms with Crippen LogP contribution in [0.3, 0.4) is 0 Å². The van der Waals surface area contributed by atoms with Crippen molar-refractivity contribution >= 4 is 27.5 Å². The number of methoxy groups -OCH3 is 1. The highest BCUT2D eigenvalue weighted by atomic mass is 35.5. The molecule has 1 fully saturated rings. The van der Waals surface area contributed by atoms with E-state index in [-0.39, 0.29) is 29.1 Å². The monoisotopic (exact) mass is 484 g/mol. The molecule has 1 unspecified atom stereocenters. The highest BCUT2D eigenvalue weighted by Gasteiger charge is 2.31. The van der Waals surface area contributed by atoms with Gasteiger partial charge in [-0.3, -0.25) is 4.79 Å². The number of carbonyl (C=O) groups is 1. The van der Waals surface area contributed by atoms with E-state index in [9.17, 15) is 13.2 Å². The number of nitrogens with zero attached hydrogens (tertiary/aromatic N) is 1. The van der Waals surface area contributed by atoms with E-state index in [1.807, 2.05) is 35.2 Å². The summed E-state index contributed by atoms with van der Waals surface area (Å²) in [6.07, 6.45) is 1.77. The Morgan fingerprint density at radius 3 is 2.52 bits per heavy atom. The van der Waals surface area contributed by atoms with Gasteiger partial charge in [-0.05, 0) is 54.3 Å². The molecule has 0 bridgehead atoms. The fourth-order valence-corrected chi connectivity index (χ4v) is 5.41. The van der Waals surface area contributed by atoms with E-state index in [0.29, 0.717) is 17.1 Å². The summed E-state index contributed by atoms with van der Waals surface area (Å²) in [5.41, 5.74) is 2.15. The first kappa shape index (κ1) is 23.3. The van der Waals surface area contributed by atoms with Crippen molar-refractivity contribution in [2.24, 2.45) is 0 Å². The second-order valence-corrected chi connectivity index (χ2v) is 10.1. The number of amides is 1. The fourth-order valence-electron chi connectivity index (χ4n) is 4.08. The quantitative estimate of drug-likeness (QED) is 0.522. The maximum absolute atomic E-state index is 13.4. The van der Waals surface area contributed by atoms with Crippen molar-refractivity contribution < 1.29 is 17.9 Å². The second-order valence-electron chi connectivity index (χ2n) is 7.88. The first-order chi connectivity index (χ1) is 15.9. The lowest BCUT2D eigenvalue weighted by molar-refractivity contribution is 0.0735. The van der Waals surface area contributed by atoms with Crippen molar-refractivity contribution in [1.82, 2.24) is 9.62 Å². The molecule has 0 aliphatic carbocycles. The van der Waals surface area contributed by atoms with E-state index in [4.69, 9.17) is 16.3 Å². The highest BCUT2D eigenvalue weighted by molar-refractivity contribution is 7.89. The van der Waals surface area contributed by atoms with Crippen molar-refractivity contribution in [3.05, 3.63) is 94.5 Å². The van der Waals surface area contributed by atoms with Gasteiger partial charge in [0.1, 0.15) is 10.6 Å². The zero-order valence-electron chi connectivity index (χ0n) is 18.2. The van der Waals surface area contributed by atoms with Gasteiger partial charge in [-0.1, -0.05) is 54.1 Å². The molecule has 1 aliphatic heterocycles. The van der Waals surface area contributed by atoms with Gasteiger partial charge in [-0.25, -0.2) is 13.1 Å². The number of benzene rings is 3. The van der Waals surface area contributed by atoms with Crippen LogP contribution in [-0.4, -0.2) is 32.9 Å². The minimum absolute atomic E-state index is 0.0242. The van der Waals surface area contributed by atoms with Crippen LogP contribution in [0.4, 0.5) is 0 Å². The molecule has 1 aliphatic rings. The Bertz CT molecular complexity index is 1230. The molecule has 4 rings (SSSR count). The Hall–Kier alpha value is -2.87. The summed E-state index contributed by atoms with van der Waals surface area (Å²) in [6.45, 7) is 0.713. The second kappa shape index (κ2) is 9.95. The number of halogens is 1. The molecule has 1 amide bonds. The highest BCUT2D eigenvalue weighted by Crippen LogP contribution is 2.34. The van der Waals surface area contributed by atoms with Crippen molar-refractivity contribution in [3.63, 3.8) is 0 Å². The third kappa shape index (κ3) is 5.21. The van der Waals surface area contributed by atoms with Gasteiger partial charge in [-0.2, -0.15) is 0 Å². The first-order valence-corrected chi connectivity index (χ1v) is 12.5. The maximum atomic E-state index is 13.4. The number of rotatable bonds is 7. The average Bonchev–Trinajstić information content (AvgIpc) is 3.33. The summed E-state index contributed by atoms with van der Waals surface area (Å²) in [7, 11) is -2.53. The number of hydrogen-bond donors (Lipinski definition) is 1. The Morgan fingerprint density at radius 1 is 1.09 bits per heavy atom. The lowest BCUT2D eigenvalue weighted by Crippen LogP contribution is -2.31. The van der Waals surface area contributed by atoms with Crippen LogP contribution in [0.1, 0.15) is 40.4 Å². The molecule has 0 saturated carbocycles. The molecule has 0 spiro atoms. The molecule has 3 aromatic rings. The van der Waals surface area contributed by atoms with Crippen LogP contribution in [0.15, 0.2) is 77.7 Å². The summed E-state index contributed by atoms with van der Waals surface area (Å²) in [4.78, 5) is 15.1. The SMILES string of the molecule is COc1ccc(C(=O)N2CCCC2c2ccccc2)cc1S(=O)(=O)NCc1ccc(Cl)cc1. The van der Waals surface area contributed by atoms with Crippen LogP contribution in [0.25, 0.3) is 0 Å². The summed E-state index contributed by atoms with van der Waals surface area (Å²) >= 11 is 5.90. The van der Waals surface area contributed by atoms with Crippen LogP contribution in [0, 0.1) is 0 Å². The Balaban J connectivity index is 1.59. The fraction of sp³-hybridized carbons (Fsp3) is 0.240. The Labute approximate surface area is 199 Å². The minimum Gasteiger partial charge on any atom is -0.495 e. The lowest BCUT2D eigenvalue weighted by Gasteiger charge is -2.25. The van der Waals surface area contributed by atoms with Crippen molar-refractivity contribution in [3.8, 4) is 5.75 Å². The zero-order valence-corrected chi connectivity index (χ0v) is 19.8. The molecule has 1 N–H and O–H groups in total. The predicted molar refractivity (Wildman–Crippen MR) is 128 cm³/mol. The van der Waals surface area contributed by atoms with E-state index in [0.717, 1.165) is 24.0 Å². The lowest BCUT2D eigenvalue weighted by atomic mass is 10.0. The molecule has 1 heterocycles. The summed E-state index contributed by atoms with van der Waals surface area (Å²) in [5, 5.41) is 0.574. The molecule has 0 radical (unpaired) electrons. The zero-order chi connectivity index (χ0) is 23.4. The molecule has 8 heteroatoms. The van der Waals surface area contributed by atoms with Gasteiger partial charge < -0.3 is 9.64 Å². The molecular formula is C25H25ClN2O4S. The Morgan fingerprint density at radius 2 is 1.82 bits per heavy atom. The smallest absolute Gasteiger partial charge is 0.254 e. The molecule has 172 valence electrons. The largest absolute Gasteiger partial charge is 0.495 e. The molecular weight excluding hydrogens is 460 g/mol. The van der Waals surface area contributed by atoms with Crippen LogP contribution in [0.2, 0.25) is 5.02 Å². The minimum atomic E-state index is -3.94. The normalized spacial score (nSPS) is 16.1. The summed E-state index contributed by atoms with van der Waals surface area (Å²) in [5.74, 6) is -0.0191. The molecule has 6 nitrogen and oxygen atoms in total. The van der Waals surface area contributed by atoms with Gasteiger partial charge in [0.15, 0.2) is 0 Å². The van der Waals surface area contributed by atoms with Crippen LogP contribution in [0.5, 0.6) is 5.75 Å². The molecule has 33 heavy (non-hydrogen) atoms. The molecule has 1 atom stereocenters. The van der Waals surface area contributed by atoms with Crippen molar-refractivity contribution in [1.29, 1.82) is 0 Å². The summed E-state index contributed by atoms with van der Waals surface area (Å²) in [6, 6.07) is 21.3. The van der Waals surface area contributed by atoms with Crippen molar-refractivity contribution in [2.45, 2.75) is 30.3 Å². The molecule has 3 aromatic carbocycles. The van der Waals surface area contributed by atoms with E-state index in [1.54, 1.807) is 30.3 Å². The van der Waals surface area contributed by atoms with E-state index in [1.165, 1.54) is 19.2 Å². The predicted octanol–water partition coefficient (Wildman–Crippen LogP) is 4.80. The molecule has 1 saturated heterocycles. The van der Waals surface area contributed by atoms with Gasteiger partial charge in [0.25, 0.3) is 5.91 Å². The van der Waals surface area contributed by atoms with E-state index >= 15 is 0 Å². The third-order valence-electron chi connectivity index (χ3n) is 5.78. The first-order valence-electron chi connectivity index (χ1n) is 10.7. The van der Waals surface area contributed by atoms with E-state index in [2.05, 4.69) is 4.72 Å². The van der Waals surface area contributed by atoms with Gasteiger partial charge in [-0.15, -0.1) is 0 Å². The van der Waals surface area contributed by atoms with Crippen LogP contribution in [-0.2, 0) is 16.6 Å². The number of likely N-dealkylation sites (tertiary alicyclic amines) is 1. The van der Waals surface area contributed by atoms with E-state index < -0.39 is 10.0 Å². The Kier molecular flexibility index (Phi) is 7.02. The summed E-state index contributed by atoms with van der Waals surface area (Å²) < 4.78 is 34.1. The number of hydrogen-bond acceptors (Lipinski definition) is 4. The number of nitrogens with one attached hydrogen (secondary N) is 1. The topological polar surface area (TPSA) is 75.7 Å². The van der Waals surface area contributed by atoms with Crippen LogP contribution < -0.4 is 9.46 Å². The molecule has 0 aromatic heterocycles. The van der Waals surface area contributed by atoms with Gasteiger partial charge in [0.05, 0.1) is 13.2 Å². The van der Waals surface area contributed by atoms with Crippen LogP contribution >= 0.6 is 11.6 Å². The third-order valence-corrected chi connectivity index (χ3v) is 7.45. The van der Waals surface area contributed by atoms with Gasteiger partial charge >= 0.3 is 0 Å². The number of carbonyl (C=O) groups excluding carboxylic acids is 1. The van der Waals surface area contributed by atoms with Crippen molar-refractivity contribution in [2.75, 3.05) is 13.7 Å². The van der Waals surface area contributed by atoms with Gasteiger partial charge in [0.2, 0.25) is 10.0 Å². The standard InChI is InChI=1S/C25H25ClN2O4S/c1-32-23-14-11-20(25(29)28-15-5-8-22(28)19-6-3-2-4-7-19)16-24(23)33(30,31)27-17-18-9-12-21(26)13-10-18/h2-4,6-7,9-14,16,22,27H,5,8,15,17H2,1H3. The number of sulfonamides is 1. The van der Waals surface area contributed by atoms with Gasteiger partial charge in [0, 0.05) is 23.7 Å². The maximum Gasteiger partial charge on any atom is 0.254 e. The average molecular weight is 485 g/mol.